The van der Waals surface area contributed by atoms with Crippen LogP contribution in [0.5, 0.6) is 0 Å². The van der Waals surface area contributed by atoms with Crippen molar-refractivity contribution in [1.29, 1.82) is 0 Å². The Hall–Kier alpha value is -3.81. The van der Waals surface area contributed by atoms with E-state index < -0.39 is 17.8 Å². The van der Waals surface area contributed by atoms with Gasteiger partial charge in [-0.15, -0.1) is 0 Å². The number of rotatable bonds is 4. The number of fused-ring (bicyclic) bond motifs is 2. The highest BCUT2D eigenvalue weighted by Gasteiger charge is 2.38. The van der Waals surface area contributed by atoms with E-state index in [1.165, 1.54) is 12.1 Å². The number of hydrogen-bond donors (Lipinski definition) is 1. The lowest BCUT2D eigenvalue weighted by Crippen LogP contribution is -2.32. The molecule has 1 aliphatic rings. The summed E-state index contributed by atoms with van der Waals surface area (Å²) in [6.07, 6.45) is -0.0588. The van der Waals surface area contributed by atoms with Gasteiger partial charge in [0.1, 0.15) is 5.82 Å². The van der Waals surface area contributed by atoms with Gasteiger partial charge in [-0.25, -0.2) is 9.78 Å². The standard InChI is InChI=1S/C19H13N3O5/c23-16(27-22-18(25)11-5-1-2-6-12(11)19(22)26)10-9-15-20-14-8-4-3-7-13(14)17(24)21-15/h1-8H,9-10H2,(H,20,21,24). The van der Waals surface area contributed by atoms with E-state index in [1.54, 1.807) is 36.4 Å². The minimum absolute atomic E-state index is 0.0993. The summed E-state index contributed by atoms with van der Waals surface area (Å²) in [7, 11) is 0. The molecule has 3 aromatic rings. The summed E-state index contributed by atoms with van der Waals surface area (Å²) in [5.74, 6) is -1.82. The molecular formula is C19H13N3O5. The van der Waals surface area contributed by atoms with Crippen molar-refractivity contribution < 1.29 is 19.2 Å². The molecule has 2 amide bonds. The van der Waals surface area contributed by atoms with Gasteiger partial charge in [-0.3, -0.25) is 14.4 Å². The molecule has 1 aromatic heterocycles. The second-order valence-electron chi connectivity index (χ2n) is 5.94. The molecule has 0 atom stereocenters. The van der Waals surface area contributed by atoms with E-state index in [2.05, 4.69) is 9.97 Å². The minimum atomic E-state index is -0.777. The van der Waals surface area contributed by atoms with Crippen molar-refractivity contribution in [3.63, 3.8) is 0 Å². The zero-order valence-corrected chi connectivity index (χ0v) is 14.0. The molecule has 0 spiro atoms. The number of nitrogens with zero attached hydrogens (tertiary/aromatic N) is 2. The molecule has 0 saturated carbocycles. The molecule has 8 heteroatoms. The van der Waals surface area contributed by atoms with Crippen molar-refractivity contribution in [3.05, 3.63) is 75.8 Å². The van der Waals surface area contributed by atoms with Crippen LogP contribution in [0.25, 0.3) is 10.9 Å². The first-order chi connectivity index (χ1) is 13.0. The number of hydroxylamine groups is 2. The molecule has 0 fully saturated rings. The number of carbonyl (C=O) groups is 3. The first kappa shape index (κ1) is 16.6. The second kappa shape index (κ2) is 6.49. The van der Waals surface area contributed by atoms with Gasteiger partial charge in [-0.2, -0.15) is 0 Å². The molecule has 0 radical (unpaired) electrons. The van der Waals surface area contributed by atoms with Crippen LogP contribution < -0.4 is 5.56 Å². The van der Waals surface area contributed by atoms with Gasteiger partial charge in [0, 0.05) is 6.42 Å². The lowest BCUT2D eigenvalue weighted by atomic mass is 10.1. The van der Waals surface area contributed by atoms with Crippen molar-refractivity contribution >= 4 is 28.7 Å². The Bertz CT molecular complexity index is 1120. The second-order valence-corrected chi connectivity index (χ2v) is 5.94. The molecule has 27 heavy (non-hydrogen) atoms. The van der Waals surface area contributed by atoms with Gasteiger partial charge in [0.15, 0.2) is 0 Å². The first-order valence-electron chi connectivity index (χ1n) is 8.21. The largest absolute Gasteiger partial charge is 0.333 e. The van der Waals surface area contributed by atoms with Crippen LogP contribution in [0.2, 0.25) is 0 Å². The predicted octanol–water partition coefficient (Wildman–Crippen LogP) is 1.61. The fraction of sp³-hybridized carbons (Fsp3) is 0.105. The number of H-pyrrole nitrogens is 1. The third-order valence-corrected chi connectivity index (χ3v) is 4.18. The number of hydrogen-bond acceptors (Lipinski definition) is 6. The Kier molecular flexibility index (Phi) is 4.00. The molecule has 4 rings (SSSR count). The molecule has 0 bridgehead atoms. The smallest absolute Gasteiger partial charge is 0.330 e. The van der Waals surface area contributed by atoms with Crippen LogP contribution in [0.1, 0.15) is 33.0 Å². The molecule has 2 aromatic carbocycles. The minimum Gasteiger partial charge on any atom is -0.330 e. The van der Waals surface area contributed by atoms with E-state index in [0.717, 1.165) is 0 Å². The van der Waals surface area contributed by atoms with Crippen LogP contribution >= 0.6 is 0 Å². The third kappa shape index (κ3) is 2.97. The quantitative estimate of drug-likeness (QED) is 0.705. The van der Waals surface area contributed by atoms with E-state index in [0.29, 0.717) is 21.8 Å². The van der Waals surface area contributed by atoms with E-state index in [9.17, 15) is 19.2 Å². The zero-order chi connectivity index (χ0) is 19.0. The summed E-state index contributed by atoms with van der Waals surface area (Å²) in [4.78, 5) is 60.3. The Morgan fingerprint density at radius 1 is 0.963 bits per heavy atom. The number of aryl methyl sites for hydroxylation is 1. The molecule has 1 N–H and O–H groups in total. The average molecular weight is 363 g/mol. The van der Waals surface area contributed by atoms with Gasteiger partial charge in [0.25, 0.3) is 17.4 Å². The number of aromatic amines is 1. The van der Waals surface area contributed by atoms with Crippen LogP contribution in [0.3, 0.4) is 0 Å². The maximum Gasteiger partial charge on any atom is 0.333 e. The first-order valence-corrected chi connectivity index (χ1v) is 8.21. The lowest BCUT2D eigenvalue weighted by molar-refractivity contribution is -0.168. The summed E-state index contributed by atoms with van der Waals surface area (Å²) >= 11 is 0. The van der Waals surface area contributed by atoms with Crippen molar-refractivity contribution in [2.24, 2.45) is 0 Å². The normalized spacial score (nSPS) is 13.1. The van der Waals surface area contributed by atoms with Crippen LogP contribution in [0, 0.1) is 0 Å². The Morgan fingerprint density at radius 2 is 1.59 bits per heavy atom. The van der Waals surface area contributed by atoms with Crippen LogP contribution in [-0.4, -0.2) is 32.8 Å². The van der Waals surface area contributed by atoms with E-state index in [-0.39, 0.29) is 29.5 Å². The lowest BCUT2D eigenvalue weighted by Gasteiger charge is -2.12. The molecule has 8 nitrogen and oxygen atoms in total. The topological polar surface area (TPSA) is 109 Å². The monoisotopic (exact) mass is 363 g/mol. The summed E-state index contributed by atoms with van der Waals surface area (Å²) in [6.45, 7) is 0. The fourth-order valence-corrected chi connectivity index (χ4v) is 2.87. The molecule has 0 aliphatic carbocycles. The van der Waals surface area contributed by atoms with Crippen LogP contribution in [-0.2, 0) is 16.1 Å². The highest BCUT2D eigenvalue weighted by molar-refractivity contribution is 6.20. The third-order valence-electron chi connectivity index (χ3n) is 4.18. The summed E-state index contributed by atoms with van der Waals surface area (Å²) in [5, 5.41) is 0.915. The highest BCUT2D eigenvalue weighted by atomic mass is 16.7. The molecule has 134 valence electrons. The Balaban J connectivity index is 1.45. The Labute approximate surface area is 152 Å². The van der Waals surface area contributed by atoms with E-state index in [1.807, 2.05) is 0 Å². The molecule has 0 unspecified atom stereocenters. The van der Waals surface area contributed by atoms with Gasteiger partial charge in [0.2, 0.25) is 0 Å². The van der Waals surface area contributed by atoms with Crippen molar-refractivity contribution in [2.45, 2.75) is 12.8 Å². The maximum absolute atomic E-state index is 12.2. The summed E-state index contributed by atoms with van der Waals surface area (Å²) < 4.78 is 0. The molecule has 2 heterocycles. The summed E-state index contributed by atoms with van der Waals surface area (Å²) in [5.41, 5.74) is 0.598. The van der Waals surface area contributed by atoms with Gasteiger partial charge >= 0.3 is 5.97 Å². The summed E-state index contributed by atoms with van der Waals surface area (Å²) in [6, 6.07) is 13.1. The number of amides is 2. The van der Waals surface area contributed by atoms with Gasteiger partial charge < -0.3 is 9.82 Å². The number of carbonyl (C=O) groups excluding carboxylic acids is 3. The SMILES string of the molecule is O=C(CCc1nc2ccccc2c(=O)[nH]1)ON1C(=O)c2ccccc2C1=O. The molecule has 1 aliphatic heterocycles. The van der Waals surface area contributed by atoms with Gasteiger partial charge in [0.05, 0.1) is 28.5 Å². The predicted molar refractivity (Wildman–Crippen MR) is 93.7 cm³/mol. The number of nitrogens with one attached hydrogen (secondary N) is 1. The van der Waals surface area contributed by atoms with Crippen molar-refractivity contribution in [2.75, 3.05) is 0 Å². The van der Waals surface area contributed by atoms with Crippen LogP contribution in [0.15, 0.2) is 53.3 Å². The van der Waals surface area contributed by atoms with Crippen molar-refractivity contribution in [3.8, 4) is 0 Å². The average Bonchev–Trinajstić information content (AvgIpc) is 2.92. The Morgan fingerprint density at radius 3 is 2.30 bits per heavy atom. The number of benzene rings is 2. The van der Waals surface area contributed by atoms with Gasteiger partial charge in [-0.05, 0) is 24.3 Å². The highest BCUT2D eigenvalue weighted by Crippen LogP contribution is 2.22. The van der Waals surface area contributed by atoms with Crippen LogP contribution in [0.4, 0.5) is 0 Å². The van der Waals surface area contributed by atoms with E-state index in [4.69, 9.17) is 4.84 Å². The molecule has 0 saturated heterocycles. The van der Waals surface area contributed by atoms with Gasteiger partial charge in [-0.1, -0.05) is 29.3 Å². The molecular weight excluding hydrogens is 350 g/mol. The zero-order valence-electron chi connectivity index (χ0n) is 14.0. The number of aromatic nitrogens is 2. The van der Waals surface area contributed by atoms with Crippen molar-refractivity contribution in [1.82, 2.24) is 15.0 Å². The fourth-order valence-electron chi connectivity index (χ4n) is 2.87. The maximum atomic E-state index is 12.2. The number of para-hydroxylation sites is 1. The number of imide groups is 1. The van der Waals surface area contributed by atoms with E-state index >= 15 is 0 Å².